The van der Waals surface area contributed by atoms with Crippen LogP contribution in [0.15, 0.2) is 72.1 Å². The van der Waals surface area contributed by atoms with E-state index in [2.05, 4.69) is 25.6 Å². The number of halogens is 2. The number of amides is 1. The second kappa shape index (κ2) is 9.02. The lowest BCUT2D eigenvalue weighted by molar-refractivity contribution is 0.102. The summed E-state index contributed by atoms with van der Waals surface area (Å²) in [7, 11) is 0. The van der Waals surface area contributed by atoms with Gasteiger partial charge in [-0.2, -0.15) is 0 Å². The van der Waals surface area contributed by atoms with Gasteiger partial charge in [-0.3, -0.25) is 4.79 Å². The van der Waals surface area contributed by atoms with Crippen molar-refractivity contribution in [2.45, 2.75) is 10.9 Å². The SMILES string of the molecule is O=C(Nc1ccc(F)c(Cl)c1)c1nnn(-c2ccccc2)c1CSc1ncccn1. The number of thioether (sulfide) groups is 1. The summed E-state index contributed by atoms with van der Waals surface area (Å²) in [5.74, 6) is -0.687. The summed E-state index contributed by atoms with van der Waals surface area (Å²) in [6, 6.07) is 15.0. The van der Waals surface area contributed by atoms with Crippen molar-refractivity contribution in [3.8, 4) is 5.69 Å². The lowest BCUT2D eigenvalue weighted by Gasteiger charge is -2.08. The van der Waals surface area contributed by atoms with Gasteiger partial charge in [0.15, 0.2) is 10.9 Å². The van der Waals surface area contributed by atoms with E-state index in [1.807, 2.05) is 30.3 Å². The minimum atomic E-state index is -0.565. The third-order valence-electron chi connectivity index (χ3n) is 4.04. The predicted octanol–water partition coefficient (Wildman–Crippen LogP) is 4.39. The largest absolute Gasteiger partial charge is 0.320 e. The maximum atomic E-state index is 13.4. The Balaban J connectivity index is 1.65. The van der Waals surface area contributed by atoms with Crippen LogP contribution in [-0.2, 0) is 5.75 Å². The van der Waals surface area contributed by atoms with Crippen LogP contribution < -0.4 is 5.32 Å². The summed E-state index contributed by atoms with van der Waals surface area (Å²) in [6.45, 7) is 0. The van der Waals surface area contributed by atoms with Crippen molar-refractivity contribution in [3.63, 3.8) is 0 Å². The Morgan fingerprint density at radius 3 is 2.60 bits per heavy atom. The Bertz CT molecular complexity index is 1170. The lowest BCUT2D eigenvalue weighted by Crippen LogP contribution is -2.15. The molecule has 0 saturated carbocycles. The summed E-state index contributed by atoms with van der Waals surface area (Å²) in [6.07, 6.45) is 3.29. The molecule has 2 heterocycles. The van der Waals surface area contributed by atoms with Crippen molar-refractivity contribution >= 4 is 35.0 Å². The zero-order chi connectivity index (χ0) is 20.9. The zero-order valence-corrected chi connectivity index (χ0v) is 16.9. The van der Waals surface area contributed by atoms with E-state index >= 15 is 0 Å². The van der Waals surface area contributed by atoms with Gasteiger partial charge in [-0.05, 0) is 36.4 Å². The average molecular weight is 441 g/mol. The van der Waals surface area contributed by atoms with E-state index in [0.29, 0.717) is 22.3 Å². The fraction of sp³-hybridized carbons (Fsp3) is 0.0500. The van der Waals surface area contributed by atoms with E-state index in [0.717, 1.165) is 5.69 Å². The molecule has 7 nitrogen and oxygen atoms in total. The van der Waals surface area contributed by atoms with Gasteiger partial charge in [0, 0.05) is 23.8 Å². The number of benzene rings is 2. The topological polar surface area (TPSA) is 85.6 Å². The number of aromatic nitrogens is 5. The first-order chi connectivity index (χ1) is 14.6. The highest BCUT2D eigenvalue weighted by Gasteiger charge is 2.21. The van der Waals surface area contributed by atoms with Gasteiger partial charge >= 0.3 is 0 Å². The number of anilines is 1. The van der Waals surface area contributed by atoms with Crippen LogP contribution in [0.3, 0.4) is 0 Å². The maximum Gasteiger partial charge on any atom is 0.278 e. The minimum Gasteiger partial charge on any atom is -0.320 e. The summed E-state index contributed by atoms with van der Waals surface area (Å²) >= 11 is 7.16. The van der Waals surface area contributed by atoms with Crippen LogP contribution in [0.5, 0.6) is 0 Å². The van der Waals surface area contributed by atoms with Crippen molar-refractivity contribution in [2.24, 2.45) is 0 Å². The van der Waals surface area contributed by atoms with E-state index in [9.17, 15) is 9.18 Å². The lowest BCUT2D eigenvalue weighted by atomic mass is 10.2. The first-order valence-electron chi connectivity index (χ1n) is 8.78. The van der Waals surface area contributed by atoms with Gasteiger partial charge in [-0.1, -0.05) is 46.8 Å². The van der Waals surface area contributed by atoms with Crippen LogP contribution >= 0.6 is 23.4 Å². The fourth-order valence-electron chi connectivity index (χ4n) is 2.64. The number of nitrogens with one attached hydrogen (secondary N) is 1. The molecule has 1 N–H and O–H groups in total. The van der Waals surface area contributed by atoms with Gasteiger partial charge in [0.25, 0.3) is 5.91 Å². The van der Waals surface area contributed by atoms with Crippen LogP contribution in [0, 0.1) is 5.82 Å². The molecule has 4 rings (SSSR count). The molecule has 0 atom stereocenters. The number of carbonyl (C=O) groups excluding carboxylic acids is 1. The third kappa shape index (κ3) is 4.47. The average Bonchev–Trinajstić information content (AvgIpc) is 3.20. The molecule has 2 aromatic heterocycles. The Morgan fingerprint density at radius 1 is 1.10 bits per heavy atom. The quantitative estimate of drug-likeness (QED) is 0.353. The normalized spacial score (nSPS) is 10.7. The molecule has 0 radical (unpaired) electrons. The van der Waals surface area contributed by atoms with Crippen molar-refractivity contribution < 1.29 is 9.18 Å². The Hall–Kier alpha value is -3.30. The van der Waals surface area contributed by atoms with Gasteiger partial charge in [0.05, 0.1) is 16.4 Å². The Labute approximate surface area is 180 Å². The van der Waals surface area contributed by atoms with E-state index in [1.165, 1.54) is 30.0 Å². The number of carbonyl (C=O) groups is 1. The van der Waals surface area contributed by atoms with Crippen LogP contribution in [0.2, 0.25) is 5.02 Å². The third-order valence-corrected chi connectivity index (χ3v) is 5.21. The maximum absolute atomic E-state index is 13.4. The smallest absolute Gasteiger partial charge is 0.278 e. The van der Waals surface area contributed by atoms with E-state index in [1.54, 1.807) is 23.1 Å². The molecule has 0 aliphatic rings. The highest BCUT2D eigenvalue weighted by atomic mass is 35.5. The molecule has 0 saturated heterocycles. The van der Waals surface area contributed by atoms with Crippen LogP contribution in [0.4, 0.5) is 10.1 Å². The molecule has 0 fully saturated rings. The molecule has 0 unspecified atom stereocenters. The van der Waals surface area contributed by atoms with E-state index in [4.69, 9.17) is 11.6 Å². The number of hydrogen-bond acceptors (Lipinski definition) is 6. The van der Waals surface area contributed by atoms with E-state index in [-0.39, 0.29) is 10.7 Å². The summed E-state index contributed by atoms with van der Waals surface area (Å²) in [5.41, 5.74) is 1.83. The number of para-hydroxylation sites is 1. The van der Waals surface area contributed by atoms with Gasteiger partial charge in [-0.15, -0.1) is 5.10 Å². The monoisotopic (exact) mass is 440 g/mol. The molecule has 10 heteroatoms. The number of rotatable bonds is 6. The molecule has 4 aromatic rings. The molecule has 0 spiro atoms. The van der Waals surface area contributed by atoms with Gasteiger partial charge in [0.1, 0.15) is 5.82 Å². The number of hydrogen-bond donors (Lipinski definition) is 1. The molecular weight excluding hydrogens is 427 g/mol. The first kappa shape index (κ1) is 20.0. The summed E-state index contributed by atoms with van der Waals surface area (Å²) in [5, 5.41) is 11.4. The predicted molar refractivity (Wildman–Crippen MR) is 112 cm³/mol. The van der Waals surface area contributed by atoms with Crippen molar-refractivity contribution in [1.29, 1.82) is 0 Å². The standard InChI is InChI=1S/C20H14ClFN6OS/c21-15-11-13(7-8-16(15)22)25-19(29)18-17(12-30-20-23-9-4-10-24-20)28(27-26-18)14-5-2-1-3-6-14/h1-11H,12H2,(H,25,29). The first-order valence-corrected chi connectivity index (χ1v) is 10.1. The van der Waals surface area contributed by atoms with Gasteiger partial charge < -0.3 is 5.32 Å². The van der Waals surface area contributed by atoms with E-state index < -0.39 is 11.7 Å². The van der Waals surface area contributed by atoms with Crippen molar-refractivity contribution in [1.82, 2.24) is 25.0 Å². The molecule has 0 bridgehead atoms. The van der Waals surface area contributed by atoms with Crippen LogP contribution in [-0.4, -0.2) is 30.9 Å². The number of nitrogens with zero attached hydrogens (tertiary/aromatic N) is 5. The molecular formula is C20H14ClFN6OS. The van der Waals surface area contributed by atoms with Gasteiger partial charge in [-0.25, -0.2) is 19.0 Å². The Kier molecular flexibility index (Phi) is 6.01. The highest BCUT2D eigenvalue weighted by Crippen LogP contribution is 2.24. The van der Waals surface area contributed by atoms with Crippen LogP contribution in [0.25, 0.3) is 5.69 Å². The molecule has 0 aliphatic carbocycles. The fourth-order valence-corrected chi connectivity index (χ4v) is 3.62. The summed E-state index contributed by atoms with van der Waals surface area (Å²) in [4.78, 5) is 21.3. The molecule has 1 amide bonds. The van der Waals surface area contributed by atoms with Crippen molar-refractivity contribution in [2.75, 3.05) is 5.32 Å². The summed E-state index contributed by atoms with van der Waals surface area (Å²) < 4.78 is 15.0. The minimum absolute atomic E-state index is 0.0854. The van der Waals surface area contributed by atoms with Crippen LogP contribution in [0.1, 0.15) is 16.2 Å². The molecule has 0 aliphatic heterocycles. The zero-order valence-electron chi connectivity index (χ0n) is 15.4. The Morgan fingerprint density at radius 2 is 1.87 bits per heavy atom. The van der Waals surface area contributed by atoms with Gasteiger partial charge in [0.2, 0.25) is 0 Å². The second-order valence-electron chi connectivity index (χ2n) is 6.04. The molecule has 30 heavy (non-hydrogen) atoms. The second-order valence-corrected chi connectivity index (χ2v) is 7.38. The highest BCUT2D eigenvalue weighted by molar-refractivity contribution is 7.98. The molecule has 2 aromatic carbocycles. The van der Waals surface area contributed by atoms with Crippen molar-refractivity contribution in [3.05, 3.63) is 89.2 Å². The molecule has 150 valence electrons.